The van der Waals surface area contributed by atoms with E-state index in [2.05, 4.69) is 10.3 Å². The van der Waals surface area contributed by atoms with Gasteiger partial charge in [-0.15, -0.1) is 5.10 Å². The molecule has 1 atom stereocenters. The molecule has 2 heterocycles. The van der Waals surface area contributed by atoms with E-state index in [-0.39, 0.29) is 11.7 Å². The molecule has 0 saturated carbocycles. The first-order valence-electron chi connectivity index (χ1n) is 4.83. The molecule has 0 radical (unpaired) electrons. The second-order valence-electron chi connectivity index (χ2n) is 3.80. The zero-order valence-corrected chi connectivity index (χ0v) is 9.59. The summed E-state index contributed by atoms with van der Waals surface area (Å²) in [6, 6.07) is -0.0316. The summed E-state index contributed by atoms with van der Waals surface area (Å²) < 4.78 is 25.5. The van der Waals surface area contributed by atoms with E-state index in [0.29, 0.717) is 25.8 Å². The highest BCUT2D eigenvalue weighted by atomic mass is 32.2. The fourth-order valence-corrected chi connectivity index (χ4v) is 2.63. The zero-order valence-electron chi connectivity index (χ0n) is 8.78. The van der Waals surface area contributed by atoms with Crippen LogP contribution in [0.15, 0.2) is 6.20 Å². The van der Waals surface area contributed by atoms with Crippen LogP contribution in [0.2, 0.25) is 0 Å². The number of rotatable bonds is 3. The maximum Gasteiger partial charge on any atom is 0.211 e. The van der Waals surface area contributed by atoms with Gasteiger partial charge in [0.1, 0.15) is 5.69 Å². The van der Waals surface area contributed by atoms with Crippen LogP contribution in [0.4, 0.5) is 0 Å². The molecule has 0 aliphatic carbocycles. The molecule has 0 unspecified atom stereocenters. The molecule has 0 amide bonds. The van der Waals surface area contributed by atoms with Crippen molar-refractivity contribution in [2.24, 2.45) is 0 Å². The number of aromatic nitrogens is 3. The first kappa shape index (κ1) is 11.2. The number of aldehydes is 1. The smallest absolute Gasteiger partial charge is 0.211 e. The van der Waals surface area contributed by atoms with Gasteiger partial charge >= 0.3 is 0 Å². The summed E-state index contributed by atoms with van der Waals surface area (Å²) in [5.41, 5.74) is 0.262. The predicted molar refractivity (Wildman–Crippen MR) is 55.5 cm³/mol. The number of hydrogen-bond acceptors (Lipinski definition) is 5. The van der Waals surface area contributed by atoms with Gasteiger partial charge in [-0.3, -0.25) is 4.79 Å². The Morgan fingerprint density at radius 3 is 2.81 bits per heavy atom. The molecule has 2 rings (SSSR count). The topological polar surface area (TPSA) is 85.2 Å². The maximum absolute atomic E-state index is 11.3. The molecule has 88 valence electrons. The SMILES string of the molecule is CS(=O)(=O)N1CC[C@H](n2cc(C=O)nn2)C1. The summed E-state index contributed by atoms with van der Waals surface area (Å²) in [5.74, 6) is 0. The van der Waals surface area contributed by atoms with E-state index >= 15 is 0 Å². The van der Waals surface area contributed by atoms with Gasteiger partial charge in [-0.05, 0) is 6.42 Å². The lowest BCUT2D eigenvalue weighted by Crippen LogP contribution is -2.28. The molecule has 1 aliphatic rings. The van der Waals surface area contributed by atoms with Crippen molar-refractivity contribution in [3.8, 4) is 0 Å². The van der Waals surface area contributed by atoms with Gasteiger partial charge in [0.2, 0.25) is 10.0 Å². The Kier molecular flexibility index (Phi) is 2.76. The van der Waals surface area contributed by atoms with Crippen molar-refractivity contribution in [1.29, 1.82) is 0 Å². The van der Waals surface area contributed by atoms with Crippen molar-refractivity contribution in [1.82, 2.24) is 19.3 Å². The highest BCUT2D eigenvalue weighted by Gasteiger charge is 2.30. The molecule has 1 aliphatic heterocycles. The zero-order chi connectivity index (χ0) is 11.8. The minimum Gasteiger partial charge on any atom is -0.296 e. The monoisotopic (exact) mass is 244 g/mol. The van der Waals surface area contributed by atoms with Crippen molar-refractivity contribution in [2.45, 2.75) is 12.5 Å². The minimum absolute atomic E-state index is 0.0316. The molecule has 1 fully saturated rings. The third-order valence-corrected chi connectivity index (χ3v) is 3.89. The molecule has 0 N–H and O–H groups in total. The normalized spacial score (nSPS) is 22.4. The standard InChI is InChI=1S/C8H12N4O3S/c1-16(14,15)11-3-2-8(5-11)12-4-7(6-13)9-10-12/h4,6,8H,2-3,5H2,1H3/t8-/m0/s1. The summed E-state index contributed by atoms with van der Waals surface area (Å²) in [6.45, 7) is 0.875. The highest BCUT2D eigenvalue weighted by Crippen LogP contribution is 2.22. The quantitative estimate of drug-likeness (QED) is 0.656. The minimum atomic E-state index is -3.14. The molecular formula is C8H12N4O3S. The van der Waals surface area contributed by atoms with Gasteiger partial charge in [-0.25, -0.2) is 13.1 Å². The van der Waals surface area contributed by atoms with Crippen LogP contribution in [0.3, 0.4) is 0 Å². The number of carbonyl (C=O) groups excluding carboxylic acids is 1. The average molecular weight is 244 g/mol. The van der Waals surface area contributed by atoms with Crippen LogP contribution in [-0.4, -0.2) is 53.3 Å². The van der Waals surface area contributed by atoms with E-state index in [1.165, 1.54) is 16.8 Å². The Morgan fingerprint density at radius 2 is 2.31 bits per heavy atom. The molecule has 1 aromatic heterocycles. The summed E-state index contributed by atoms with van der Waals surface area (Å²) in [7, 11) is -3.14. The van der Waals surface area contributed by atoms with Crippen molar-refractivity contribution in [3.63, 3.8) is 0 Å². The Hall–Kier alpha value is -1.28. The number of nitrogens with zero attached hydrogens (tertiary/aromatic N) is 4. The van der Waals surface area contributed by atoms with Crippen molar-refractivity contribution in [3.05, 3.63) is 11.9 Å². The first-order valence-corrected chi connectivity index (χ1v) is 6.67. The van der Waals surface area contributed by atoms with Crippen LogP contribution in [0.25, 0.3) is 0 Å². The van der Waals surface area contributed by atoms with Crippen molar-refractivity contribution in [2.75, 3.05) is 19.3 Å². The van der Waals surface area contributed by atoms with Gasteiger partial charge < -0.3 is 0 Å². The Balaban J connectivity index is 2.12. The van der Waals surface area contributed by atoms with E-state index in [9.17, 15) is 13.2 Å². The van der Waals surface area contributed by atoms with E-state index in [4.69, 9.17) is 0 Å². The summed E-state index contributed by atoms with van der Waals surface area (Å²) >= 11 is 0. The number of carbonyl (C=O) groups is 1. The van der Waals surface area contributed by atoms with Crippen molar-refractivity contribution < 1.29 is 13.2 Å². The van der Waals surface area contributed by atoms with Crippen LogP contribution in [0.5, 0.6) is 0 Å². The molecule has 8 heteroatoms. The highest BCUT2D eigenvalue weighted by molar-refractivity contribution is 7.88. The van der Waals surface area contributed by atoms with Gasteiger partial charge in [-0.1, -0.05) is 5.21 Å². The van der Waals surface area contributed by atoms with Crippen LogP contribution in [-0.2, 0) is 10.0 Å². The molecular weight excluding hydrogens is 232 g/mol. The fraction of sp³-hybridized carbons (Fsp3) is 0.625. The van der Waals surface area contributed by atoms with Gasteiger partial charge in [0.25, 0.3) is 0 Å². The fourth-order valence-electron chi connectivity index (χ4n) is 1.75. The largest absolute Gasteiger partial charge is 0.296 e. The summed E-state index contributed by atoms with van der Waals surface area (Å²) in [5, 5.41) is 7.44. The van der Waals surface area contributed by atoms with Gasteiger partial charge in [0.15, 0.2) is 6.29 Å². The second-order valence-corrected chi connectivity index (χ2v) is 5.79. The lowest BCUT2D eigenvalue weighted by molar-refractivity contribution is 0.111. The predicted octanol–water partition coefficient (Wildman–Crippen LogP) is -0.703. The average Bonchev–Trinajstić information content (AvgIpc) is 2.85. The Bertz CT molecular complexity index is 495. The Labute approximate surface area is 93.1 Å². The third kappa shape index (κ3) is 2.12. The molecule has 1 saturated heterocycles. The lowest BCUT2D eigenvalue weighted by Gasteiger charge is -2.12. The number of sulfonamides is 1. The summed E-state index contributed by atoms with van der Waals surface area (Å²) in [6.07, 6.45) is 4.03. The summed E-state index contributed by atoms with van der Waals surface area (Å²) in [4.78, 5) is 10.4. The van der Waals surface area contributed by atoms with Gasteiger partial charge in [-0.2, -0.15) is 4.31 Å². The van der Waals surface area contributed by atoms with Crippen LogP contribution in [0, 0.1) is 0 Å². The molecule has 7 nitrogen and oxygen atoms in total. The van der Waals surface area contributed by atoms with Crippen LogP contribution in [0.1, 0.15) is 23.0 Å². The second kappa shape index (κ2) is 3.95. The molecule has 0 bridgehead atoms. The van der Waals surface area contributed by atoms with Gasteiger partial charge in [0, 0.05) is 13.1 Å². The maximum atomic E-state index is 11.3. The number of hydrogen-bond donors (Lipinski definition) is 0. The molecule has 0 spiro atoms. The van der Waals surface area contributed by atoms with Crippen LogP contribution >= 0.6 is 0 Å². The van der Waals surface area contributed by atoms with E-state index < -0.39 is 10.0 Å². The first-order chi connectivity index (χ1) is 7.50. The molecule has 16 heavy (non-hydrogen) atoms. The van der Waals surface area contributed by atoms with Crippen LogP contribution < -0.4 is 0 Å². The van der Waals surface area contributed by atoms with E-state index in [1.54, 1.807) is 4.68 Å². The molecule has 0 aromatic carbocycles. The van der Waals surface area contributed by atoms with Crippen molar-refractivity contribution >= 4 is 16.3 Å². The van der Waals surface area contributed by atoms with Gasteiger partial charge in [0.05, 0.1) is 18.5 Å². The Morgan fingerprint density at radius 1 is 1.56 bits per heavy atom. The van der Waals surface area contributed by atoms with E-state index in [0.717, 1.165) is 0 Å². The molecule has 1 aromatic rings. The van der Waals surface area contributed by atoms with E-state index in [1.807, 2.05) is 0 Å². The third-order valence-electron chi connectivity index (χ3n) is 2.62. The lowest BCUT2D eigenvalue weighted by atomic mass is 10.3.